The molecule has 4 heterocycles. The molecule has 7 rings (SSSR count). The molecule has 2 atom stereocenters. The molecule has 17 nitrogen and oxygen atoms in total. The number of nitrogens with zero attached hydrogens (tertiary/aromatic N) is 5. The number of methoxy groups -OCH3 is 1. The molecule has 0 spiro atoms. The van der Waals surface area contributed by atoms with Gasteiger partial charge >= 0.3 is 0 Å². The molecule has 4 aliphatic rings. The van der Waals surface area contributed by atoms with E-state index in [-0.39, 0.29) is 48.7 Å². The highest BCUT2D eigenvalue weighted by atomic mass is 16.5. The number of imide groups is 1. The van der Waals surface area contributed by atoms with Crippen LogP contribution in [0.3, 0.4) is 0 Å². The standard InChI is InChI=1S/C45H55N9O8/c1-4-35-44(59)52(2)37-27-48-45(51-40(37)54(35)31-12-5-6-13-31)49-34-16-15-30(26-38(34)60-3)41(56)47-21-25-62-24-20-46-19-23-61-22-8-7-10-29-11-9-14-32-33(29)28-53(43(32)58)36-17-18-39(55)50-42(36)57/h9,11,14-16,26-27,31,35-36,46H,4-6,8,12-13,17-25,28H2,1-3H3,(H,47,56)(H,48,49,51)(H,50,55,57)/t35-,36?/m1/s1. The van der Waals surface area contributed by atoms with Crippen molar-refractivity contribution in [3.8, 4) is 17.6 Å². The molecule has 2 aromatic carbocycles. The Hall–Kier alpha value is -6.09. The molecular formula is C45H55N9O8. The third-order valence-corrected chi connectivity index (χ3v) is 11.7. The summed E-state index contributed by atoms with van der Waals surface area (Å²) in [7, 11) is 3.32. The van der Waals surface area contributed by atoms with Crippen LogP contribution in [-0.4, -0.2) is 123 Å². The maximum atomic E-state index is 13.2. The number of benzene rings is 2. The molecular weight excluding hydrogens is 795 g/mol. The van der Waals surface area contributed by atoms with Crippen LogP contribution in [0, 0.1) is 11.8 Å². The first-order valence-corrected chi connectivity index (χ1v) is 21.5. The fourth-order valence-corrected chi connectivity index (χ4v) is 8.44. The largest absolute Gasteiger partial charge is 0.495 e. The van der Waals surface area contributed by atoms with Crippen molar-refractivity contribution in [3.05, 3.63) is 64.8 Å². The highest BCUT2D eigenvalue weighted by Crippen LogP contribution is 2.40. The van der Waals surface area contributed by atoms with Crippen molar-refractivity contribution < 1.29 is 38.2 Å². The van der Waals surface area contributed by atoms with Crippen LogP contribution in [-0.2, 0) is 30.4 Å². The minimum absolute atomic E-state index is 0.0595. The molecule has 1 saturated carbocycles. The molecule has 62 heavy (non-hydrogen) atoms. The van der Waals surface area contributed by atoms with E-state index in [1.54, 1.807) is 55.6 Å². The third-order valence-electron chi connectivity index (χ3n) is 11.7. The number of hydrogen-bond donors (Lipinski definition) is 4. The van der Waals surface area contributed by atoms with E-state index in [4.69, 9.17) is 19.2 Å². The average molecular weight is 850 g/mol. The van der Waals surface area contributed by atoms with Gasteiger partial charge in [0.2, 0.25) is 23.7 Å². The van der Waals surface area contributed by atoms with Gasteiger partial charge in [-0.15, -0.1) is 0 Å². The van der Waals surface area contributed by atoms with Crippen LogP contribution in [0.15, 0.2) is 42.6 Å². The van der Waals surface area contributed by atoms with Crippen molar-refractivity contribution in [2.45, 2.75) is 83.0 Å². The Labute approximate surface area is 361 Å². The smallest absolute Gasteiger partial charge is 0.255 e. The van der Waals surface area contributed by atoms with Gasteiger partial charge in [0.05, 0.1) is 45.4 Å². The SMILES string of the molecule is CC[C@@H]1C(=O)N(C)c2cnc(Nc3ccc(C(=O)NCCOCCNCCOCCC#Cc4cccc5c4CN(C4CCC(=O)NC4=O)C5=O)cc3OC)nc2N1C1CCCC1. The number of anilines is 4. The number of nitrogens with one attached hydrogen (secondary N) is 4. The molecule has 1 aliphatic carbocycles. The van der Waals surface area contributed by atoms with Crippen LogP contribution in [0.4, 0.5) is 23.1 Å². The molecule has 0 bridgehead atoms. The molecule has 17 heteroatoms. The van der Waals surface area contributed by atoms with Crippen molar-refractivity contribution in [2.75, 3.05) is 75.3 Å². The predicted molar refractivity (Wildman–Crippen MR) is 231 cm³/mol. The summed E-state index contributed by atoms with van der Waals surface area (Å²) in [6.07, 6.45) is 7.75. The van der Waals surface area contributed by atoms with Crippen molar-refractivity contribution in [1.82, 2.24) is 30.8 Å². The maximum absolute atomic E-state index is 13.2. The quantitative estimate of drug-likeness (QED) is 0.0828. The Kier molecular flexibility index (Phi) is 14.6. The highest BCUT2D eigenvalue weighted by molar-refractivity contribution is 6.06. The highest BCUT2D eigenvalue weighted by Gasteiger charge is 2.42. The fraction of sp³-hybridized carbons (Fsp3) is 0.489. The minimum Gasteiger partial charge on any atom is -0.495 e. The number of ether oxygens (including phenoxy) is 3. The number of aromatic nitrogens is 2. The van der Waals surface area contributed by atoms with Crippen molar-refractivity contribution in [3.63, 3.8) is 0 Å². The second kappa shape index (κ2) is 20.6. The number of carbonyl (C=O) groups is 5. The van der Waals surface area contributed by atoms with Crippen molar-refractivity contribution in [2.24, 2.45) is 0 Å². The van der Waals surface area contributed by atoms with Crippen LogP contribution in [0.1, 0.15) is 90.1 Å². The van der Waals surface area contributed by atoms with Gasteiger partial charge in [-0.1, -0.05) is 37.7 Å². The maximum Gasteiger partial charge on any atom is 0.255 e. The Bertz CT molecular complexity index is 2220. The van der Waals surface area contributed by atoms with Gasteiger partial charge in [-0.05, 0) is 61.6 Å². The zero-order chi connectivity index (χ0) is 43.6. The van der Waals surface area contributed by atoms with E-state index >= 15 is 0 Å². The van der Waals surface area contributed by atoms with Gasteiger partial charge in [-0.25, -0.2) is 4.98 Å². The molecule has 3 aliphatic heterocycles. The summed E-state index contributed by atoms with van der Waals surface area (Å²) in [6.45, 7) is 5.69. The Morgan fingerprint density at radius 3 is 2.52 bits per heavy atom. The second-order valence-electron chi connectivity index (χ2n) is 15.6. The van der Waals surface area contributed by atoms with E-state index in [1.165, 1.54) is 4.90 Å². The minimum atomic E-state index is -0.661. The van der Waals surface area contributed by atoms with E-state index < -0.39 is 11.9 Å². The monoisotopic (exact) mass is 849 g/mol. The number of hydrogen-bond acceptors (Lipinski definition) is 13. The predicted octanol–water partition coefficient (Wildman–Crippen LogP) is 3.29. The molecule has 1 saturated heterocycles. The number of piperidine rings is 1. The van der Waals surface area contributed by atoms with Gasteiger partial charge in [-0.3, -0.25) is 29.3 Å². The molecule has 328 valence electrons. The van der Waals surface area contributed by atoms with Gasteiger partial charge in [0.25, 0.3) is 11.8 Å². The number of rotatable bonds is 18. The molecule has 0 radical (unpaired) electrons. The molecule has 1 unspecified atom stereocenters. The van der Waals surface area contributed by atoms with Crippen LogP contribution in [0.2, 0.25) is 0 Å². The summed E-state index contributed by atoms with van der Waals surface area (Å²) in [5.41, 5.74) is 3.82. The zero-order valence-electron chi connectivity index (χ0n) is 35.6. The molecule has 5 amide bonds. The summed E-state index contributed by atoms with van der Waals surface area (Å²) < 4.78 is 17.0. The van der Waals surface area contributed by atoms with Crippen LogP contribution in [0.5, 0.6) is 5.75 Å². The van der Waals surface area contributed by atoms with Gasteiger partial charge < -0.3 is 44.9 Å². The lowest BCUT2D eigenvalue weighted by Gasteiger charge is -2.43. The molecule has 2 fully saturated rings. The van der Waals surface area contributed by atoms with E-state index in [2.05, 4.69) is 43.0 Å². The molecule has 4 N–H and O–H groups in total. The fourth-order valence-electron chi connectivity index (χ4n) is 8.44. The topological polar surface area (TPSA) is 197 Å². The summed E-state index contributed by atoms with van der Waals surface area (Å²) in [5.74, 6) is 6.68. The lowest BCUT2D eigenvalue weighted by Crippen LogP contribution is -2.55. The summed E-state index contributed by atoms with van der Waals surface area (Å²) in [6, 6.07) is 9.86. The lowest BCUT2D eigenvalue weighted by molar-refractivity contribution is -0.137. The Balaban J connectivity index is 0.774. The van der Waals surface area contributed by atoms with Crippen molar-refractivity contribution >= 4 is 52.7 Å². The first kappa shape index (κ1) is 44.0. The Morgan fingerprint density at radius 2 is 1.76 bits per heavy atom. The number of amides is 5. The van der Waals surface area contributed by atoms with Crippen molar-refractivity contribution in [1.29, 1.82) is 0 Å². The van der Waals surface area contributed by atoms with Gasteiger partial charge in [0.1, 0.15) is 23.5 Å². The average Bonchev–Trinajstić information content (AvgIpc) is 3.93. The van der Waals surface area contributed by atoms with Gasteiger partial charge in [0.15, 0.2) is 5.82 Å². The molecule has 3 aromatic rings. The summed E-state index contributed by atoms with van der Waals surface area (Å²) >= 11 is 0. The van der Waals surface area contributed by atoms with Crippen LogP contribution >= 0.6 is 0 Å². The summed E-state index contributed by atoms with van der Waals surface area (Å²) in [4.78, 5) is 78.0. The van der Waals surface area contributed by atoms with E-state index in [0.717, 1.165) is 42.6 Å². The first-order valence-electron chi connectivity index (χ1n) is 21.5. The number of likely N-dealkylation sites (N-methyl/N-ethyl adjacent to an activating group) is 1. The van der Waals surface area contributed by atoms with E-state index in [1.807, 2.05) is 13.0 Å². The van der Waals surface area contributed by atoms with Crippen LogP contribution < -0.4 is 35.8 Å². The van der Waals surface area contributed by atoms with E-state index in [0.29, 0.717) is 99.5 Å². The first-order chi connectivity index (χ1) is 30.2. The van der Waals surface area contributed by atoms with Gasteiger partial charge in [-0.2, -0.15) is 4.98 Å². The van der Waals surface area contributed by atoms with E-state index in [9.17, 15) is 24.0 Å². The van der Waals surface area contributed by atoms with Crippen LogP contribution in [0.25, 0.3) is 0 Å². The summed E-state index contributed by atoms with van der Waals surface area (Å²) in [5, 5.41) is 11.7. The second-order valence-corrected chi connectivity index (χ2v) is 15.6. The zero-order valence-corrected chi connectivity index (χ0v) is 35.6. The normalized spacial score (nSPS) is 18.6. The van der Waals surface area contributed by atoms with Gasteiger partial charge in [0, 0.05) is 68.8 Å². The third kappa shape index (κ3) is 9.99. The lowest BCUT2D eigenvalue weighted by atomic mass is 10.0. The molecule has 1 aromatic heterocycles. The number of carbonyl (C=O) groups excluding carboxylic acids is 5. The Morgan fingerprint density at radius 1 is 0.984 bits per heavy atom. The number of fused-ring (bicyclic) bond motifs is 2.